The smallest absolute Gasteiger partial charge is 0.152 e. The highest BCUT2D eigenvalue weighted by molar-refractivity contribution is 4.81. The first-order chi connectivity index (χ1) is 6.50. The Kier molecular flexibility index (Phi) is 4.39. The standard InChI is InChI=1S/C12H24O2/c1-8(2)11-6-5-9(3)7-12(11)14-10(4)13/h8-13H,5-7H2,1-4H3/t9-,10?,11+,12-/m0/s1. The molecule has 1 aliphatic rings. The monoisotopic (exact) mass is 200 g/mol. The van der Waals surface area contributed by atoms with E-state index in [9.17, 15) is 5.11 Å². The highest BCUT2D eigenvalue weighted by Gasteiger charge is 2.31. The summed E-state index contributed by atoms with van der Waals surface area (Å²) in [5.41, 5.74) is 0. The second-order valence-electron chi connectivity index (χ2n) is 5.10. The molecule has 0 amide bonds. The van der Waals surface area contributed by atoms with E-state index < -0.39 is 6.29 Å². The van der Waals surface area contributed by atoms with Gasteiger partial charge in [-0.15, -0.1) is 0 Å². The van der Waals surface area contributed by atoms with Gasteiger partial charge in [-0.3, -0.25) is 0 Å². The number of ether oxygens (including phenoxy) is 1. The van der Waals surface area contributed by atoms with Crippen LogP contribution in [0, 0.1) is 17.8 Å². The van der Waals surface area contributed by atoms with E-state index in [1.54, 1.807) is 6.92 Å². The Hall–Kier alpha value is -0.0800. The molecule has 0 aromatic rings. The molecule has 0 aromatic heterocycles. The number of rotatable bonds is 3. The van der Waals surface area contributed by atoms with Gasteiger partial charge in [0.05, 0.1) is 6.10 Å². The second kappa shape index (κ2) is 5.13. The van der Waals surface area contributed by atoms with Crippen LogP contribution in [-0.4, -0.2) is 17.5 Å². The molecule has 0 spiro atoms. The summed E-state index contributed by atoms with van der Waals surface area (Å²) in [6, 6.07) is 0. The lowest BCUT2D eigenvalue weighted by Crippen LogP contribution is -2.36. The molecule has 2 nitrogen and oxygen atoms in total. The van der Waals surface area contributed by atoms with Gasteiger partial charge in [0.2, 0.25) is 0 Å². The zero-order chi connectivity index (χ0) is 10.7. The maximum absolute atomic E-state index is 9.27. The molecule has 0 aromatic carbocycles. The molecule has 1 N–H and O–H groups in total. The third-order valence-corrected chi connectivity index (χ3v) is 3.33. The van der Waals surface area contributed by atoms with E-state index in [2.05, 4.69) is 20.8 Å². The lowest BCUT2D eigenvalue weighted by atomic mass is 9.75. The Morgan fingerprint density at radius 1 is 1.21 bits per heavy atom. The predicted molar refractivity (Wildman–Crippen MR) is 57.9 cm³/mol. The molecule has 0 radical (unpaired) electrons. The predicted octanol–water partition coefficient (Wildman–Crippen LogP) is 2.80. The van der Waals surface area contributed by atoms with Crippen LogP contribution in [0.3, 0.4) is 0 Å². The zero-order valence-electron chi connectivity index (χ0n) is 9.86. The molecule has 0 heterocycles. The van der Waals surface area contributed by atoms with Gasteiger partial charge in [0.25, 0.3) is 0 Å². The van der Waals surface area contributed by atoms with Gasteiger partial charge in [0, 0.05) is 0 Å². The third-order valence-electron chi connectivity index (χ3n) is 3.33. The fourth-order valence-corrected chi connectivity index (χ4v) is 2.52. The van der Waals surface area contributed by atoms with E-state index >= 15 is 0 Å². The molecule has 14 heavy (non-hydrogen) atoms. The van der Waals surface area contributed by atoms with Gasteiger partial charge in [-0.25, -0.2) is 0 Å². The summed E-state index contributed by atoms with van der Waals surface area (Å²) in [7, 11) is 0. The Balaban J connectivity index is 2.54. The van der Waals surface area contributed by atoms with Crippen LogP contribution in [0.25, 0.3) is 0 Å². The fraction of sp³-hybridized carbons (Fsp3) is 1.00. The SMILES string of the molecule is CC(O)O[C@H]1C[C@@H](C)CC[C@@H]1C(C)C. The van der Waals surface area contributed by atoms with Crippen LogP contribution in [0.1, 0.15) is 47.0 Å². The minimum Gasteiger partial charge on any atom is -0.368 e. The molecule has 0 aliphatic heterocycles. The molecular formula is C12H24O2. The Morgan fingerprint density at radius 3 is 2.36 bits per heavy atom. The van der Waals surface area contributed by atoms with E-state index in [1.807, 2.05) is 0 Å². The van der Waals surface area contributed by atoms with E-state index in [0.29, 0.717) is 11.8 Å². The van der Waals surface area contributed by atoms with Crippen molar-refractivity contribution in [1.29, 1.82) is 0 Å². The number of hydrogen-bond acceptors (Lipinski definition) is 2. The molecule has 0 saturated heterocycles. The van der Waals surface area contributed by atoms with Crippen molar-refractivity contribution < 1.29 is 9.84 Å². The first kappa shape index (κ1) is 12.0. The second-order valence-corrected chi connectivity index (χ2v) is 5.10. The van der Waals surface area contributed by atoms with Crippen LogP contribution in [0.4, 0.5) is 0 Å². The molecule has 84 valence electrons. The summed E-state index contributed by atoms with van der Waals surface area (Å²) in [5, 5.41) is 9.27. The maximum atomic E-state index is 9.27. The van der Waals surface area contributed by atoms with Crippen molar-refractivity contribution in [3.8, 4) is 0 Å². The van der Waals surface area contributed by atoms with Crippen LogP contribution >= 0.6 is 0 Å². The topological polar surface area (TPSA) is 29.5 Å². The van der Waals surface area contributed by atoms with Gasteiger partial charge >= 0.3 is 0 Å². The first-order valence-corrected chi connectivity index (χ1v) is 5.84. The summed E-state index contributed by atoms with van der Waals surface area (Å²) >= 11 is 0. The number of hydrogen-bond donors (Lipinski definition) is 1. The molecule has 4 atom stereocenters. The maximum Gasteiger partial charge on any atom is 0.152 e. The summed E-state index contributed by atoms with van der Waals surface area (Å²) in [5.74, 6) is 2.03. The van der Waals surface area contributed by atoms with Crippen LogP contribution in [0.2, 0.25) is 0 Å². The van der Waals surface area contributed by atoms with Crippen molar-refractivity contribution in [2.75, 3.05) is 0 Å². The minimum atomic E-state index is -0.619. The zero-order valence-corrected chi connectivity index (χ0v) is 9.86. The summed E-state index contributed by atoms with van der Waals surface area (Å²) in [4.78, 5) is 0. The normalized spacial score (nSPS) is 36.0. The van der Waals surface area contributed by atoms with E-state index in [4.69, 9.17) is 4.74 Å². The van der Waals surface area contributed by atoms with Gasteiger partial charge in [-0.1, -0.05) is 27.2 Å². The average molecular weight is 200 g/mol. The summed E-state index contributed by atoms with van der Waals surface area (Å²) < 4.78 is 5.59. The molecule has 0 bridgehead atoms. The highest BCUT2D eigenvalue weighted by Crippen LogP contribution is 2.35. The lowest BCUT2D eigenvalue weighted by Gasteiger charge is -2.37. The molecule has 1 aliphatic carbocycles. The van der Waals surface area contributed by atoms with Crippen molar-refractivity contribution in [2.24, 2.45) is 17.8 Å². The van der Waals surface area contributed by atoms with Gasteiger partial charge < -0.3 is 9.84 Å². The molecule has 1 rings (SSSR count). The largest absolute Gasteiger partial charge is 0.368 e. The van der Waals surface area contributed by atoms with Gasteiger partial charge in [0.15, 0.2) is 6.29 Å². The van der Waals surface area contributed by atoms with Crippen molar-refractivity contribution in [3.63, 3.8) is 0 Å². The number of aliphatic hydroxyl groups is 1. The van der Waals surface area contributed by atoms with E-state index in [1.165, 1.54) is 12.8 Å². The van der Waals surface area contributed by atoms with E-state index in [-0.39, 0.29) is 6.10 Å². The van der Waals surface area contributed by atoms with Crippen molar-refractivity contribution in [3.05, 3.63) is 0 Å². The fourth-order valence-electron chi connectivity index (χ4n) is 2.52. The third kappa shape index (κ3) is 3.25. The summed E-state index contributed by atoms with van der Waals surface area (Å²) in [6.45, 7) is 8.48. The van der Waals surface area contributed by atoms with Crippen LogP contribution in [-0.2, 0) is 4.74 Å². The molecular weight excluding hydrogens is 176 g/mol. The molecule has 2 heteroatoms. The van der Waals surface area contributed by atoms with Gasteiger partial charge in [-0.05, 0) is 37.5 Å². The molecule has 1 fully saturated rings. The van der Waals surface area contributed by atoms with Crippen LogP contribution in [0.5, 0.6) is 0 Å². The number of aliphatic hydroxyl groups excluding tert-OH is 1. The van der Waals surface area contributed by atoms with Crippen molar-refractivity contribution >= 4 is 0 Å². The van der Waals surface area contributed by atoms with Crippen molar-refractivity contribution in [1.82, 2.24) is 0 Å². The minimum absolute atomic E-state index is 0.263. The Labute approximate surface area is 87.7 Å². The molecule has 1 saturated carbocycles. The van der Waals surface area contributed by atoms with Gasteiger partial charge in [-0.2, -0.15) is 0 Å². The van der Waals surface area contributed by atoms with Gasteiger partial charge in [0.1, 0.15) is 0 Å². The quantitative estimate of drug-likeness (QED) is 0.710. The van der Waals surface area contributed by atoms with E-state index in [0.717, 1.165) is 12.3 Å². The first-order valence-electron chi connectivity index (χ1n) is 5.84. The lowest BCUT2D eigenvalue weighted by molar-refractivity contribution is -0.158. The van der Waals surface area contributed by atoms with Crippen molar-refractivity contribution in [2.45, 2.75) is 59.4 Å². The molecule has 1 unspecified atom stereocenters. The average Bonchev–Trinajstić information content (AvgIpc) is 2.01. The Bertz CT molecular complexity index is 164. The highest BCUT2D eigenvalue weighted by atomic mass is 16.6. The summed E-state index contributed by atoms with van der Waals surface area (Å²) in [6.07, 6.45) is 3.30. The van der Waals surface area contributed by atoms with Crippen LogP contribution < -0.4 is 0 Å². The Morgan fingerprint density at radius 2 is 1.86 bits per heavy atom. The van der Waals surface area contributed by atoms with Crippen LogP contribution in [0.15, 0.2) is 0 Å².